The van der Waals surface area contributed by atoms with Gasteiger partial charge in [0.15, 0.2) is 37.7 Å². The van der Waals surface area contributed by atoms with Crippen molar-refractivity contribution in [3.8, 4) is 0 Å². The summed E-state index contributed by atoms with van der Waals surface area (Å²) in [7, 11) is 2.36. The van der Waals surface area contributed by atoms with E-state index in [9.17, 15) is 86.5 Å². The van der Waals surface area contributed by atoms with Gasteiger partial charge in [0.2, 0.25) is 0 Å². The molecule has 38 atom stereocenters. The minimum absolute atomic E-state index is 0.0491. The molecule has 99 heavy (non-hydrogen) atoms. The van der Waals surface area contributed by atoms with E-state index in [0.717, 1.165) is 24.8 Å². The lowest BCUT2D eigenvalue weighted by Crippen LogP contribution is -2.67. The number of aliphatic hydroxyl groups excluding tert-OH is 16. The average Bonchev–Trinajstić information content (AvgIpc) is 1.52. The van der Waals surface area contributed by atoms with Gasteiger partial charge in [-0.1, -0.05) is 51.0 Å². The molecule has 0 aromatic heterocycles. The first-order chi connectivity index (χ1) is 46.8. The number of carbonyl (C=O) groups is 1. The number of cyclic esters (lactones) is 1. The van der Waals surface area contributed by atoms with E-state index in [1.165, 1.54) is 26.7 Å². The van der Waals surface area contributed by atoms with Gasteiger partial charge in [0, 0.05) is 20.1 Å². The molecule has 32 heteroatoms. The molecular weight excluding hydrogens is 1320 g/mol. The van der Waals surface area contributed by atoms with Crippen LogP contribution in [0, 0.1) is 39.4 Å². The Morgan fingerprint density at radius 1 is 0.515 bits per heavy atom. The van der Waals surface area contributed by atoms with Gasteiger partial charge < -0.3 is 153 Å². The maximum Gasteiger partial charge on any atom is 0.316 e. The molecule has 4 aliphatic carbocycles. The molecule has 16 N–H and O–H groups in total. The van der Waals surface area contributed by atoms with Crippen LogP contribution in [0.3, 0.4) is 0 Å². The van der Waals surface area contributed by atoms with Crippen LogP contribution in [0.15, 0.2) is 23.3 Å². The van der Waals surface area contributed by atoms with Crippen molar-refractivity contribution in [1.82, 2.24) is 0 Å². The zero-order valence-corrected chi connectivity index (χ0v) is 57.7. The Morgan fingerprint density at radius 3 is 1.49 bits per heavy atom. The molecule has 0 bridgehead atoms. The number of ether oxygens (including phenoxy) is 15. The first-order valence-corrected chi connectivity index (χ1v) is 34.8. The van der Waals surface area contributed by atoms with Crippen molar-refractivity contribution in [3.63, 3.8) is 0 Å². The van der Waals surface area contributed by atoms with Crippen LogP contribution in [0.5, 0.6) is 0 Å². The van der Waals surface area contributed by atoms with E-state index in [0.29, 0.717) is 32.1 Å². The Balaban J connectivity index is 0.840. The van der Waals surface area contributed by atoms with Crippen molar-refractivity contribution >= 4 is 5.97 Å². The highest BCUT2D eigenvalue weighted by atomic mass is 16.8. The quantitative estimate of drug-likeness (QED) is 0.0295. The molecule has 3 saturated carbocycles. The minimum atomic E-state index is -2.08. The van der Waals surface area contributed by atoms with Crippen LogP contribution in [0.2, 0.25) is 0 Å². The van der Waals surface area contributed by atoms with Crippen LogP contribution in [0.25, 0.3) is 0 Å². The molecule has 32 nitrogen and oxygen atoms in total. The maximum atomic E-state index is 14.6. The lowest BCUT2D eigenvalue weighted by Gasteiger charge is -2.64. The molecule has 7 aliphatic heterocycles. The lowest BCUT2D eigenvalue weighted by atomic mass is 9.40. The van der Waals surface area contributed by atoms with Crippen molar-refractivity contribution < 1.29 is 158 Å². The predicted molar refractivity (Wildman–Crippen MR) is 332 cm³/mol. The highest BCUT2D eigenvalue weighted by Gasteiger charge is 2.79. The van der Waals surface area contributed by atoms with Gasteiger partial charge in [-0.25, -0.2) is 0 Å². The van der Waals surface area contributed by atoms with E-state index in [1.807, 2.05) is 26.8 Å². The number of carbonyl (C=O) groups excluding carboxylic acids is 1. The normalized spacial score (nSPS) is 52.8. The van der Waals surface area contributed by atoms with Crippen molar-refractivity contribution in [2.45, 2.75) is 303 Å². The van der Waals surface area contributed by atoms with E-state index in [1.54, 1.807) is 0 Å². The van der Waals surface area contributed by atoms with Crippen molar-refractivity contribution in [2.75, 3.05) is 47.3 Å². The first-order valence-electron chi connectivity index (χ1n) is 34.8. The van der Waals surface area contributed by atoms with E-state index < -0.39 is 251 Å². The van der Waals surface area contributed by atoms with E-state index in [2.05, 4.69) is 33.8 Å². The van der Waals surface area contributed by atoms with Crippen molar-refractivity contribution in [1.29, 1.82) is 0 Å². The highest BCUT2D eigenvalue weighted by molar-refractivity contribution is 5.84. The Kier molecular flexibility index (Phi) is 23.7. The number of fused-ring (bicyclic) bond motifs is 4. The predicted octanol–water partition coefficient (Wildman–Crippen LogP) is -4.11. The molecule has 0 amide bonds. The Morgan fingerprint density at radius 2 is 0.990 bits per heavy atom. The largest absolute Gasteiger partial charge is 0.458 e. The molecule has 0 radical (unpaired) electrons. The van der Waals surface area contributed by atoms with Crippen molar-refractivity contribution in [3.05, 3.63) is 23.3 Å². The zero-order valence-electron chi connectivity index (χ0n) is 57.7. The maximum absolute atomic E-state index is 14.6. The minimum Gasteiger partial charge on any atom is -0.458 e. The molecule has 568 valence electrons. The number of esters is 1. The Labute approximate surface area is 574 Å². The second kappa shape index (κ2) is 30.2. The summed E-state index contributed by atoms with van der Waals surface area (Å²) in [5, 5.41) is 180. The van der Waals surface area contributed by atoms with E-state index >= 15 is 0 Å². The van der Waals surface area contributed by atoms with Gasteiger partial charge in [-0.05, 0) is 107 Å². The summed E-state index contributed by atoms with van der Waals surface area (Å²) in [6.07, 6.45) is -41.7. The summed E-state index contributed by atoms with van der Waals surface area (Å²) in [5.74, 6) is -0.684. The second-order valence-corrected chi connectivity index (χ2v) is 30.7. The number of rotatable bonds is 21. The third kappa shape index (κ3) is 13.4. The number of hydrogen-bond acceptors (Lipinski definition) is 32. The van der Waals surface area contributed by atoms with Crippen LogP contribution in [0.4, 0.5) is 0 Å². The van der Waals surface area contributed by atoms with Crippen LogP contribution >= 0.6 is 0 Å². The number of allylic oxidation sites excluding steroid dienone is 3. The monoisotopic (exact) mass is 1420 g/mol. The average molecular weight is 1430 g/mol. The number of hydrogen-bond donors (Lipinski definition) is 16. The highest BCUT2D eigenvalue weighted by Crippen LogP contribution is 2.76. The molecule has 10 fully saturated rings. The van der Waals surface area contributed by atoms with Gasteiger partial charge in [0.25, 0.3) is 0 Å². The third-order valence-corrected chi connectivity index (χ3v) is 24.6. The number of aliphatic hydroxyl groups is 16. The standard InChI is InChI=1S/C67H108O32/c1-26(2)12-11-17-66(8)36-15-19-65(7)28-13-14-35-63(4,5)38(16-18-64(35,6)29(28)20-37(72)67(36,65)62(84)99-66)94-61-55(43(77)34(25-87-61)93-57-48(82)53(41(75)32(23-70)89-57)96-58-46(80)51(85-9)39(73)30(21-68)90-58)98-56-45(79)44(78)50(27(3)88-56)95-60-49(83)54(42(76)33(24-71)92-60)97-59-47(81)52(86-10)40(74)31(22-69)91-59/h12,20,27-28,30-61,68-83H,11,13-19,21-25H2,1-10H3. The Hall–Kier alpha value is -2.25. The molecule has 38 unspecified atom stereocenters. The summed E-state index contributed by atoms with van der Waals surface area (Å²) < 4.78 is 90.2. The zero-order chi connectivity index (χ0) is 72.1. The fourth-order valence-electron chi connectivity index (χ4n) is 19.2. The summed E-state index contributed by atoms with van der Waals surface area (Å²) in [5.41, 5.74) is -1.45. The fraction of sp³-hybridized carbons (Fsp3) is 0.925. The van der Waals surface area contributed by atoms with E-state index in [-0.39, 0.29) is 23.7 Å². The molecule has 11 rings (SSSR count). The van der Waals surface area contributed by atoms with Crippen LogP contribution in [0.1, 0.15) is 107 Å². The number of methoxy groups -OCH3 is 2. The first kappa shape index (κ1) is 77.8. The van der Waals surface area contributed by atoms with Gasteiger partial charge in [-0.15, -0.1) is 0 Å². The lowest BCUT2D eigenvalue weighted by molar-refractivity contribution is -0.397. The molecular formula is C67H108O32. The molecule has 1 spiro atoms. The second-order valence-electron chi connectivity index (χ2n) is 30.7. The SMILES string of the molecule is COC1C(O)C(CO)OC(OC2C(O)C(CO)OC(OC3COC(OC4CCC5(C)C6=CC(O)C78C(=O)OC(C)(CCC=C(C)C)C7CCC8(C)C6CCC5C4(C)C)C(OC4OC(C)C(OC5OC(CO)C(O)C(OC6OC(CO)C(O)C(OC)C6O)C5O)C(O)C4O)C3O)C2O)C1O. The van der Waals surface area contributed by atoms with Gasteiger partial charge >= 0.3 is 5.97 Å². The molecule has 0 aromatic rings. The molecule has 0 aromatic carbocycles. The smallest absolute Gasteiger partial charge is 0.316 e. The molecule has 11 aliphatic rings. The van der Waals surface area contributed by atoms with Gasteiger partial charge in [-0.2, -0.15) is 0 Å². The topological polar surface area (TPSA) is 479 Å². The van der Waals surface area contributed by atoms with Crippen LogP contribution in [-0.4, -0.2) is 331 Å². The van der Waals surface area contributed by atoms with Gasteiger partial charge in [0.1, 0.15) is 145 Å². The van der Waals surface area contributed by atoms with Gasteiger partial charge in [0.05, 0.1) is 51.3 Å². The van der Waals surface area contributed by atoms with Crippen LogP contribution < -0.4 is 0 Å². The summed E-state index contributed by atoms with van der Waals surface area (Å²) in [6.45, 7) is 12.2. The summed E-state index contributed by atoms with van der Waals surface area (Å²) >= 11 is 0. The summed E-state index contributed by atoms with van der Waals surface area (Å²) in [4.78, 5) is 14.6. The fourth-order valence-corrected chi connectivity index (χ4v) is 19.2. The third-order valence-electron chi connectivity index (χ3n) is 24.6. The summed E-state index contributed by atoms with van der Waals surface area (Å²) in [6, 6.07) is 0. The van der Waals surface area contributed by atoms with E-state index in [4.69, 9.17) is 71.1 Å². The van der Waals surface area contributed by atoms with Gasteiger partial charge in [-0.3, -0.25) is 4.79 Å². The molecule has 7 saturated heterocycles. The van der Waals surface area contributed by atoms with Crippen molar-refractivity contribution in [2.24, 2.45) is 39.4 Å². The van der Waals surface area contributed by atoms with Crippen LogP contribution in [-0.2, 0) is 75.8 Å². The molecule has 7 heterocycles. The Bertz CT molecular complexity index is 2800.